The molecule has 0 bridgehead atoms. The van der Waals surface area contributed by atoms with Gasteiger partial charge >= 0.3 is 0 Å². The molecular weight excluding hydrogens is 216 g/mol. The number of anilines is 3. The molecule has 0 fully saturated rings. The molecule has 0 saturated carbocycles. The van der Waals surface area contributed by atoms with Gasteiger partial charge in [0, 0.05) is 26.4 Å². The van der Waals surface area contributed by atoms with Crippen molar-refractivity contribution in [3.05, 3.63) is 30.7 Å². The van der Waals surface area contributed by atoms with E-state index in [1.54, 1.807) is 13.1 Å². The molecule has 2 aromatic rings. The minimum atomic E-state index is 0.566. The number of nitriles is 1. The number of hydrogen-bond donors (Lipinski definition) is 1. The first-order chi connectivity index (χ1) is 8.22. The van der Waals surface area contributed by atoms with Crippen molar-refractivity contribution in [2.24, 2.45) is 0 Å². The summed E-state index contributed by atoms with van der Waals surface area (Å²) in [5.41, 5.74) is 0. The third kappa shape index (κ3) is 2.18. The lowest BCUT2D eigenvalue weighted by Gasteiger charge is -2.17. The van der Waals surface area contributed by atoms with Crippen LogP contribution in [0.25, 0.3) is 0 Å². The molecule has 2 heterocycles. The highest BCUT2D eigenvalue weighted by Crippen LogP contribution is 2.21. The van der Waals surface area contributed by atoms with Crippen molar-refractivity contribution in [1.82, 2.24) is 15.0 Å². The summed E-state index contributed by atoms with van der Waals surface area (Å²) in [5, 5.41) is 8.80. The van der Waals surface area contributed by atoms with E-state index < -0.39 is 0 Å². The van der Waals surface area contributed by atoms with Crippen LogP contribution in [-0.2, 0) is 0 Å². The van der Waals surface area contributed by atoms with Gasteiger partial charge in [-0.1, -0.05) is 0 Å². The third-order valence-corrected chi connectivity index (χ3v) is 2.42. The minimum absolute atomic E-state index is 0.566. The molecule has 0 unspecified atom stereocenters. The van der Waals surface area contributed by atoms with Gasteiger partial charge in [-0.25, -0.2) is 9.97 Å². The molecule has 1 N–H and O–H groups in total. The Kier molecular flexibility index (Phi) is 2.92. The Morgan fingerprint density at radius 2 is 2.06 bits per heavy atom. The van der Waals surface area contributed by atoms with E-state index in [1.165, 1.54) is 11.2 Å². The lowest BCUT2D eigenvalue weighted by atomic mass is 10.4. The second-order valence-electron chi connectivity index (χ2n) is 3.51. The molecule has 6 heteroatoms. The fourth-order valence-corrected chi connectivity index (χ4v) is 1.41. The number of nitrogens with one attached hydrogen (secondary N) is 1. The summed E-state index contributed by atoms with van der Waals surface area (Å²) >= 11 is 0. The van der Waals surface area contributed by atoms with Crippen LogP contribution in [0.4, 0.5) is 17.5 Å². The molecule has 86 valence electrons. The molecule has 17 heavy (non-hydrogen) atoms. The summed E-state index contributed by atoms with van der Waals surface area (Å²) in [6, 6.07) is 5.61. The zero-order valence-corrected chi connectivity index (χ0v) is 9.62. The molecular formula is C11H12N6. The lowest BCUT2D eigenvalue weighted by molar-refractivity contribution is 1.03. The van der Waals surface area contributed by atoms with Gasteiger partial charge in [0.05, 0.1) is 0 Å². The first kappa shape index (κ1) is 11.0. The van der Waals surface area contributed by atoms with Crippen molar-refractivity contribution in [2.75, 3.05) is 23.9 Å². The van der Waals surface area contributed by atoms with Gasteiger partial charge in [-0.05, 0) is 12.1 Å². The zero-order valence-electron chi connectivity index (χ0n) is 9.62. The van der Waals surface area contributed by atoms with E-state index in [2.05, 4.69) is 15.0 Å². The van der Waals surface area contributed by atoms with E-state index in [0.29, 0.717) is 5.82 Å². The molecule has 6 nitrogen and oxygen atoms in total. The van der Waals surface area contributed by atoms with Crippen LogP contribution in [0.3, 0.4) is 0 Å². The van der Waals surface area contributed by atoms with Crippen molar-refractivity contribution in [3.8, 4) is 6.19 Å². The predicted molar refractivity (Wildman–Crippen MR) is 64.9 cm³/mol. The van der Waals surface area contributed by atoms with Crippen LogP contribution < -0.4 is 9.80 Å². The Hall–Kier alpha value is -2.55. The topological polar surface area (TPSA) is 71.8 Å². The smallest absolute Gasteiger partial charge is 0.185 e. The lowest BCUT2D eigenvalue weighted by Crippen LogP contribution is -2.15. The Bertz CT molecular complexity index is 527. The second-order valence-corrected chi connectivity index (χ2v) is 3.51. The molecule has 2 rings (SSSR count). The van der Waals surface area contributed by atoms with Crippen LogP contribution in [-0.4, -0.2) is 29.0 Å². The van der Waals surface area contributed by atoms with E-state index in [-0.39, 0.29) is 0 Å². The van der Waals surface area contributed by atoms with E-state index in [0.717, 1.165) is 11.6 Å². The number of rotatable bonds is 3. The van der Waals surface area contributed by atoms with Crippen LogP contribution in [0.5, 0.6) is 0 Å². The van der Waals surface area contributed by atoms with Gasteiger partial charge in [-0.15, -0.1) is 0 Å². The molecule has 0 amide bonds. The Labute approximate surface area is 99.1 Å². The first-order valence-corrected chi connectivity index (χ1v) is 5.05. The number of aromatic amines is 1. The van der Waals surface area contributed by atoms with Gasteiger partial charge in [0.15, 0.2) is 6.19 Å². The highest BCUT2D eigenvalue weighted by Gasteiger charge is 2.08. The maximum atomic E-state index is 8.80. The highest BCUT2D eigenvalue weighted by atomic mass is 15.2. The number of hydrogen-bond acceptors (Lipinski definition) is 5. The SMILES string of the molecule is CN(C#N)c1cc(N(C)c2ccc[nH]2)ncn1. The van der Waals surface area contributed by atoms with E-state index in [9.17, 15) is 0 Å². The molecule has 0 atom stereocenters. The van der Waals surface area contributed by atoms with Crippen molar-refractivity contribution in [2.45, 2.75) is 0 Å². The first-order valence-electron chi connectivity index (χ1n) is 5.05. The number of aromatic nitrogens is 3. The van der Waals surface area contributed by atoms with Crippen LogP contribution in [0.2, 0.25) is 0 Å². The Balaban J connectivity index is 2.31. The van der Waals surface area contributed by atoms with E-state index in [4.69, 9.17) is 5.26 Å². The predicted octanol–water partition coefficient (Wildman–Crippen LogP) is 1.49. The maximum Gasteiger partial charge on any atom is 0.185 e. The monoisotopic (exact) mass is 228 g/mol. The average Bonchev–Trinajstić information content (AvgIpc) is 2.91. The maximum absolute atomic E-state index is 8.80. The average molecular weight is 228 g/mol. The van der Waals surface area contributed by atoms with Crippen LogP contribution in [0.1, 0.15) is 0 Å². The zero-order chi connectivity index (χ0) is 12.3. The summed E-state index contributed by atoms with van der Waals surface area (Å²) < 4.78 is 0. The van der Waals surface area contributed by atoms with Gasteiger partial charge in [0.2, 0.25) is 0 Å². The molecule has 0 aliphatic rings. The van der Waals surface area contributed by atoms with Crippen molar-refractivity contribution < 1.29 is 0 Å². The van der Waals surface area contributed by atoms with Crippen LogP contribution in [0, 0.1) is 11.5 Å². The largest absolute Gasteiger partial charge is 0.348 e. The van der Waals surface area contributed by atoms with Gasteiger partial charge in [0.25, 0.3) is 0 Å². The molecule has 0 aliphatic heterocycles. The van der Waals surface area contributed by atoms with Gasteiger partial charge in [0.1, 0.15) is 23.8 Å². The van der Waals surface area contributed by atoms with E-state index >= 15 is 0 Å². The van der Waals surface area contributed by atoms with Crippen LogP contribution in [0.15, 0.2) is 30.7 Å². The summed E-state index contributed by atoms with van der Waals surface area (Å²) in [7, 11) is 3.55. The van der Waals surface area contributed by atoms with E-state index in [1.807, 2.05) is 36.5 Å². The Morgan fingerprint density at radius 1 is 1.29 bits per heavy atom. The summed E-state index contributed by atoms with van der Waals surface area (Å²) in [4.78, 5) is 14.6. The standard InChI is InChI=1S/C11H12N6/c1-16(7-12)10-6-11(15-8-14-10)17(2)9-4-3-5-13-9/h3-6,8,13H,1-2H3. The van der Waals surface area contributed by atoms with Crippen molar-refractivity contribution in [3.63, 3.8) is 0 Å². The fourth-order valence-electron chi connectivity index (χ4n) is 1.41. The third-order valence-electron chi connectivity index (χ3n) is 2.42. The number of H-pyrrole nitrogens is 1. The fraction of sp³-hybridized carbons (Fsp3) is 0.182. The quantitative estimate of drug-likeness (QED) is 0.636. The number of nitrogens with zero attached hydrogens (tertiary/aromatic N) is 5. The molecule has 0 aliphatic carbocycles. The minimum Gasteiger partial charge on any atom is -0.348 e. The van der Waals surface area contributed by atoms with Crippen molar-refractivity contribution in [1.29, 1.82) is 5.26 Å². The summed E-state index contributed by atoms with van der Waals surface area (Å²) in [5.74, 6) is 2.21. The van der Waals surface area contributed by atoms with Crippen LogP contribution >= 0.6 is 0 Å². The normalized spacial score (nSPS) is 9.71. The van der Waals surface area contributed by atoms with Gasteiger partial charge in [-0.3, -0.25) is 4.90 Å². The molecule has 0 spiro atoms. The Morgan fingerprint density at radius 3 is 2.71 bits per heavy atom. The second kappa shape index (κ2) is 4.53. The highest BCUT2D eigenvalue weighted by molar-refractivity contribution is 5.59. The van der Waals surface area contributed by atoms with Gasteiger partial charge in [-0.2, -0.15) is 5.26 Å². The molecule has 2 aromatic heterocycles. The molecule has 0 radical (unpaired) electrons. The summed E-state index contributed by atoms with van der Waals surface area (Å²) in [6.07, 6.45) is 5.28. The molecule has 0 saturated heterocycles. The van der Waals surface area contributed by atoms with Crippen molar-refractivity contribution >= 4 is 17.5 Å². The molecule has 0 aromatic carbocycles. The summed E-state index contributed by atoms with van der Waals surface area (Å²) in [6.45, 7) is 0. The van der Waals surface area contributed by atoms with Gasteiger partial charge < -0.3 is 9.88 Å².